The van der Waals surface area contributed by atoms with E-state index in [1.54, 1.807) is 0 Å². The minimum Gasteiger partial charge on any atom is -0.379 e. The molecule has 0 unspecified atom stereocenters. The number of nitrogens with zero attached hydrogens (tertiary/aromatic N) is 1. The van der Waals surface area contributed by atoms with Crippen LogP contribution in [0.5, 0.6) is 0 Å². The molecule has 0 bridgehead atoms. The number of benzene rings is 2. The Labute approximate surface area is 119 Å². The topological polar surface area (TPSA) is 40.7 Å². The van der Waals surface area contributed by atoms with Crippen molar-refractivity contribution >= 4 is 16.7 Å². The van der Waals surface area contributed by atoms with Crippen LogP contribution in [0.2, 0.25) is 0 Å². The third kappa shape index (κ3) is 2.27. The van der Waals surface area contributed by atoms with E-state index in [1.807, 2.05) is 13.0 Å². The van der Waals surface area contributed by atoms with Gasteiger partial charge in [0.05, 0.1) is 11.2 Å². The summed E-state index contributed by atoms with van der Waals surface area (Å²) in [6, 6.07) is 12.6. The van der Waals surface area contributed by atoms with Crippen molar-refractivity contribution < 1.29 is 0 Å². The van der Waals surface area contributed by atoms with Gasteiger partial charge in [0.2, 0.25) is 0 Å². The summed E-state index contributed by atoms with van der Waals surface area (Å²) in [7, 11) is 0. The Kier molecular flexibility index (Phi) is 3.18. The fourth-order valence-electron chi connectivity index (χ4n) is 2.61. The predicted octanol–water partition coefficient (Wildman–Crippen LogP) is 4.10. The highest BCUT2D eigenvalue weighted by molar-refractivity contribution is 5.88. The van der Waals surface area contributed by atoms with E-state index in [2.05, 4.69) is 59.5 Å². The average Bonchev–Trinajstić information content (AvgIpc) is 2.79. The molecule has 0 aliphatic carbocycles. The molecule has 0 saturated carbocycles. The van der Waals surface area contributed by atoms with E-state index >= 15 is 0 Å². The van der Waals surface area contributed by atoms with E-state index in [1.165, 1.54) is 16.7 Å². The SMILES string of the molecule is Cc1nc2c(NCc3c(C)cccc3C)cccc2[nH]1. The Balaban J connectivity index is 1.91. The summed E-state index contributed by atoms with van der Waals surface area (Å²) in [5.41, 5.74) is 7.17. The predicted molar refractivity (Wildman–Crippen MR) is 84.1 cm³/mol. The number of fused-ring (bicyclic) bond motifs is 1. The highest BCUT2D eigenvalue weighted by Crippen LogP contribution is 2.22. The zero-order valence-corrected chi connectivity index (χ0v) is 12.1. The number of para-hydroxylation sites is 1. The summed E-state index contributed by atoms with van der Waals surface area (Å²) in [5, 5.41) is 3.52. The van der Waals surface area contributed by atoms with Gasteiger partial charge < -0.3 is 10.3 Å². The van der Waals surface area contributed by atoms with Crippen molar-refractivity contribution in [1.29, 1.82) is 0 Å². The molecular formula is C17H19N3. The molecule has 2 aromatic carbocycles. The van der Waals surface area contributed by atoms with E-state index < -0.39 is 0 Å². The van der Waals surface area contributed by atoms with Gasteiger partial charge in [0, 0.05) is 6.54 Å². The van der Waals surface area contributed by atoms with Gasteiger partial charge >= 0.3 is 0 Å². The van der Waals surface area contributed by atoms with Gasteiger partial charge in [-0.05, 0) is 49.6 Å². The van der Waals surface area contributed by atoms with Crippen molar-refractivity contribution in [2.45, 2.75) is 27.3 Å². The van der Waals surface area contributed by atoms with Gasteiger partial charge in [0.1, 0.15) is 11.3 Å². The van der Waals surface area contributed by atoms with Gasteiger partial charge in [0.15, 0.2) is 0 Å². The van der Waals surface area contributed by atoms with Gasteiger partial charge in [-0.2, -0.15) is 0 Å². The number of aryl methyl sites for hydroxylation is 3. The monoisotopic (exact) mass is 265 g/mol. The van der Waals surface area contributed by atoms with Crippen molar-refractivity contribution in [3.05, 3.63) is 58.9 Å². The maximum atomic E-state index is 4.55. The number of hydrogen-bond acceptors (Lipinski definition) is 2. The highest BCUT2D eigenvalue weighted by Gasteiger charge is 2.06. The van der Waals surface area contributed by atoms with Crippen molar-refractivity contribution in [2.75, 3.05) is 5.32 Å². The second-order valence-electron chi connectivity index (χ2n) is 5.25. The lowest BCUT2D eigenvalue weighted by atomic mass is 10.0. The molecule has 3 rings (SSSR count). The first-order chi connectivity index (χ1) is 9.65. The van der Waals surface area contributed by atoms with Crippen LogP contribution >= 0.6 is 0 Å². The Morgan fingerprint density at radius 2 is 1.70 bits per heavy atom. The first-order valence-corrected chi connectivity index (χ1v) is 6.89. The molecule has 0 atom stereocenters. The number of aromatic amines is 1. The summed E-state index contributed by atoms with van der Waals surface area (Å²) < 4.78 is 0. The molecular weight excluding hydrogens is 246 g/mol. The molecule has 2 N–H and O–H groups in total. The minimum atomic E-state index is 0.823. The molecule has 1 aromatic heterocycles. The van der Waals surface area contributed by atoms with E-state index in [-0.39, 0.29) is 0 Å². The molecule has 20 heavy (non-hydrogen) atoms. The normalized spacial score (nSPS) is 10.9. The lowest BCUT2D eigenvalue weighted by Crippen LogP contribution is -2.03. The summed E-state index contributed by atoms with van der Waals surface area (Å²) in [5.74, 6) is 0.946. The fraction of sp³-hybridized carbons (Fsp3) is 0.235. The minimum absolute atomic E-state index is 0.823. The maximum absolute atomic E-state index is 4.55. The number of anilines is 1. The zero-order valence-electron chi connectivity index (χ0n) is 12.1. The highest BCUT2D eigenvalue weighted by atomic mass is 15.0. The summed E-state index contributed by atoms with van der Waals surface area (Å²) in [6.07, 6.45) is 0. The summed E-state index contributed by atoms with van der Waals surface area (Å²) in [4.78, 5) is 7.82. The molecule has 1 heterocycles. The van der Waals surface area contributed by atoms with Crippen LogP contribution in [0.3, 0.4) is 0 Å². The van der Waals surface area contributed by atoms with Gasteiger partial charge in [-0.25, -0.2) is 4.98 Å². The Morgan fingerprint density at radius 1 is 1.00 bits per heavy atom. The molecule has 0 radical (unpaired) electrons. The standard InChI is InChI=1S/C17H19N3/c1-11-6-4-7-12(2)14(11)10-18-15-8-5-9-16-17(15)20-13(3)19-16/h4-9,18H,10H2,1-3H3,(H,19,20). The number of rotatable bonds is 3. The molecule has 0 saturated heterocycles. The fourth-order valence-corrected chi connectivity index (χ4v) is 2.61. The maximum Gasteiger partial charge on any atom is 0.112 e. The Morgan fingerprint density at radius 3 is 2.45 bits per heavy atom. The summed E-state index contributed by atoms with van der Waals surface area (Å²) in [6.45, 7) is 7.12. The second-order valence-corrected chi connectivity index (χ2v) is 5.25. The van der Waals surface area contributed by atoms with E-state index in [0.717, 1.165) is 29.1 Å². The largest absolute Gasteiger partial charge is 0.379 e. The lowest BCUT2D eigenvalue weighted by Gasteiger charge is -2.12. The van der Waals surface area contributed by atoms with Crippen LogP contribution in [0.1, 0.15) is 22.5 Å². The van der Waals surface area contributed by atoms with Crippen LogP contribution in [0.25, 0.3) is 11.0 Å². The van der Waals surface area contributed by atoms with Crippen molar-refractivity contribution in [3.63, 3.8) is 0 Å². The molecule has 0 amide bonds. The van der Waals surface area contributed by atoms with Crippen molar-refractivity contribution in [3.8, 4) is 0 Å². The van der Waals surface area contributed by atoms with Crippen LogP contribution in [-0.2, 0) is 6.54 Å². The van der Waals surface area contributed by atoms with Gasteiger partial charge in [-0.3, -0.25) is 0 Å². The van der Waals surface area contributed by atoms with Crippen LogP contribution in [0.15, 0.2) is 36.4 Å². The first-order valence-electron chi connectivity index (χ1n) is 6.89. The third-order valence-corrected chi connectivity index (χ3v) is 3.73. The quantitative estimate of drug-likeness (QED) is 0.748. The summed E-state index contributed by atoms with van der Waals surface area (Å²) >= 11 is 0. The number of nitrogens with one attached hydrogen (secondary N) is 2. The Hall–Kier alpha value is -2.29. The molecule has 0 fully saturated rings. The van der Waals surface area contributed by atoms with Gasteiger partial charge in [-0.1, -0.05) is 24.3 Å². The van der Waals surface area contributed by atoms with Crippen LogP contribution < -0.4 is 5.32 Å². The molecule has 3 nitrogen and oxygen atoms in total. The first kappa shape index (κ1) is 12.7. The van der Waals surface area contributed by atoms with E-state index in [4.69, 9.17) is 0 Å². The van der Waals surface area contributed by atoms with Crippen molar-refractivity contribution in [1.82, 2.24) is 9.97 Å². The number of H-pyrrole nitrogens is 1. The van der Waals surface area contributed by atoms with Crippen LogP contribution in [0, 0.1) is 20.8 Å². The Bertz CT molecular complexity index is 736. The third-order valence-electron chi connectivity index (χ3n) is 3.73. The van der Waals surface area contributed by atoms with Gasteiger partial charge in [0.25, 0.3) is 0 Å². The average molecular weight is 265 g/mol. The molecule has 3 aromatic rings. The van der Waals surface area contributed by atoms with E-state index in [0.29, 0.717) is 0 Å². The number of aromatic nitrogens is 2. The smallest absolute Gasteiger partial charge is 0.112 e. The zero-order chi connectivity index (χ0) is 14.1. The lowest BCUT2D eigenvalue weighted by molar-refractivity contribution is 1.09. The second kappa shape index (κ2) is 5.00. The molecule has 0 spiro atoms. The van der Waals surface area contributed by atoms with Crippen molar-refractivity contribution in [2.24, 2.45) is 0 Å². The number of imidazole rings is 1. The van der Waals surface area contributed by atoms with E-state index in [9.17, 15) is 0 Å². The van der Waals surface area contributed by atoms with Gasteiger partial charge in [-0.15, -0.1) is 0 Å². The molecule has 0 aliphatic heterocycles. The number of hydrogen-bond donors (Lipinski definition) is 2. The molecule has 3 heteroatoms. The van der Waals surface area contributed by atoms with Crippen LogP contribution in [-0.4, -0.2) is 9.97 Å². The molecule has 0 aliphatic rings. The molecule has 102 valence electrons. The van der Waals surface area contributed by atoms with Crippen LogP contribution in [0.4, 0.5) is 5.69 Å².